The first-order chi connectivity index (χ1) is 13.3. The molecular weight excluding hydrogens is 344 g/mol. The van der Waals surface area contributed by atoms with Gasteiger partial charge in [0.05, 0.1) is 6.42 Å². The molecule has 2 bridgehead atoms. The molecule has 0 saturated carbocycles. The Morgan fingerprint density at radius 2 is 1.93 bits per heavy atom. The first kappa shape index (κ1) is 16.4. The predicted octanol–water partition coefficient (Wildman–Crippen LogP) is 1.88. The van der Waals surface area contributed by atoms with Crippen LogP contribution in [0.5, 0.6) is 11.5 Å². The van der Waals surface area contributed by atoms with E-state index in [1.54, 1.807) is 12.4 Å². The van der Waals surface area contributed by atoms with Crippen molar-refractivity contribution in [2.45, 2.75) is 25.3 Å². The molecule has 7 nitrogen and oxygen atoms in total. The van der Waals surface area contributed by atoms with Gasteiger partial charge in [0.25, 0.3) is 0 Å². The molecule has 1 aromatic heterocycles. The normalized spacial score (nSPS) is 23.4. The van der Waals surface area contributed by atoms with Crippen molar-refractivity contribution in [3.8, 4) is 11.5 Å². The van der Waals surface area contributed by atoms with E-state index >= 15 is 0 Å². The zero-order chi connectivity index (χ0) is 18.2. The van der Waals surface area contributed by atoms with E-state index in [4.69, 9.17) is 9.47 Å². The molecule has 27 heavy (non-hydrogen) atoms. The molecule has 0 radical (unpaired) electrons. The van der Waals surface area contributed by atoms with Gasteiger partial charge in [-0.2, -0.15) is 0 Å². The van der Waals surface area contributed by atoms with Gasteiger partial charge in [-0.3, -0.25) is 4.79 Å². The highest BCUT2D eigenvalue weighted by Crippen LogP contribution is 2.33. The third-order valence-electron chi connectivity index (χ3n) is 5.66. The van der Waals surface area contributed by atoms with Crippen molar-refractivity contribution in [1.82, 2.24) is 14.9 Å². The van der Waals surface area contributed by atoms with Crippen LogP contribution in [0, 0.1) is 5.92 Å². The summed E-state index contributed by atoms with van der Waals surface area (Å²) in [6.07, 6.45) is 6.14. The summed E-state index contributed by atoms with van der Waals surface area (Å²) in [6.45, 7) is 2.78. The van der Waals surface area contributed by atoms with Gasteiger partial charge in [0.1, 0.15) is 0 Å². The Morgan fingerprint density at radius 3 is 2.81 bits per heavy atom. The van der Waals surface area contributed by atoms with Crippen LogP contribution in [0.25, 0.3) is 0 Å². The van der Waals surface area contributed by atoms with Crippen molar-refractivity contribution in [2.24, 2.45) is 5.92 Å². The molecular formula is C20H22N4O3. The minimum Gasteiger partial charge on any atom is -0.454 e. The Kier molecular flexibility index (Phi) is 4.07. The van der Waals surface area contributed by atoms with Crippen LogP contribution in [-0.2, 0) is 11.2 Å². The van der Waals surface area contributed by atoms with Crippen LogP contribution in [0.3, 0.4) is 0 Å². The summed E-state index contributed by atoms with van der Waals surface area (Å²) in [7, 11) is 0. The highest BCUT2D eigenvalue weighted by atomic mass is 16.7. The van der Waals surface area contributed by atoms with Gasteiger partial charge >= 0.3 is 0 Å². The summed E-state index contributed by atoms with van der Waals surface area (Å²) in [5.74, 6) is 2.88. The summed E-state index contributed by atoms with van der Waals surface area (Å²) < 4.78 is 10.8. The number of anilines is 1. The second kappa shape index (κ2) is 6.72. The minimum absolute atomic E-state index is 0.180. The predicted molar refractivity (Wildman–Crippen MR) is 98.7 cm³/mol. The fourth-order valence-electron chi connectivity index (χ4n) is 4.33. The zero-order valence-electron chi connectivity index (χ0n) is 15.1. The van der Waals surface area contributed by atoms with Gasteiger partial charge in [0.15, 0.2) is 11.5 Å². The number of hydrogen-bond donors (Lipinski definition) is 0. The smallest absolute Gasteiger partial charge is 0.231 e. The average Bonchev–Trinajstić information content (AvgIpc) is 2.97. The Balaban J connectivity index is 1.31. The lowest BCUT2D eigenvalue weighted by Gasteiger charge is -2.36. The number of aromatic nitrogens is 2. The van der Waals surface area contributed by atoms with Crippen LogP contribution >= 0.6 is 0 Å². The summed E-state index contributed by atoms with van der Waals surface area (Å²) in [5, 5.41) is 0. The van der Waals surface area contributed by atoms with Gasteiger partial charge in [-0.1, -0.05) is 6.07 Å². The number of nitrogens with zero attached hydrogens (tertiary/aromatic N) is 4. The van der Waals surface area contributed by atoms with Crippen molar-refractivity contribution >= 4 is 11.9 Å². The van der Waals surface area contributed by atoms with Crippen LogP contribution in [0.4, 0.5) is 5.95 Å². The summed E-state index contributed by atoms with van der Waals surface area (Å²) in [6, 6.07) is 7.80. The molecule has 1 aromatic carbocycles. The van der Waals surface area contributed by atoms with Crippen LogP contribution in [-0.4, -0.2) is 53.2 Å². The monoisotopic (exact) mass is 366 g/mol. The van der Waals surface area contributed by atoms with Crippen molar-refractivity contribution in [3.63, 3.8) is 0 Å². The van der Waals surface area contributed by atoms with E-state index in [0.29, 0.717) is 12.3 Å². The van der Waals surface area contributed by atoms with E-state index in [1.165, 1.54) is 0 Å². The Labute approximate surface area is 157 Å². The number of carbonyl (C=O) groups excluding carboxylic acids is 1. The lowest BCUT2D eigenvalue weighted by molar-refractivity contribution is -0.134. The van der Waals surface area contributed by atoms with Crippen molar-refractivity contribution < 1.29 is 14.3 Å². The highest BCUT2D eigenvalue weighted by molar-refractivity contribution is 5.79. The summed E-state index contributed by atoms with van der Waals surface area (Å²) in [4.78, 5) is 26.2. The molecule has 3 saturated heterocycles. The van der Waals surface area contributed by atoms with E-state index in [0.717, 1.165) is 55.5 Å². The van der Waals surface area contributed by atoms with E-state index in [2.05, 4.69) is 19.8 Å². The maximum Gasteiger partial charge on any atom is 0.231 e. The minimum atomic E-state index is 0.180. The molecule has 7 heteroatoms. The third kappa shape index (κ3) is 3.18. The second-order valence-corrected chi connectivity index (χ2v) is 7.46. The lowest BCUT2D eigenvalue weighted by atomic mass is 9.94. The number of ether oxygens (including phenoxy) is 2. The second-order valence-electron chi connectivity index (χ2n) is 7.46. The molecule has 1 amide bonds. The zero-order valence-corrected chi connectivity index (χ0v) is 15.1. The largest absolute Gasteiger partial charge is 0.454 e. The van der Waals surface area contributed by atoms with Gasteiger partial charge in [0, 0.05) is 38.1 Å². The summed E-state index contributed by atoms with van der Waals surface area (Å²) in [5.41, 5.74) is 0.965. The maximum atomic E-state index is 13.1. The number of carbonyl (C=O) groups is 1. The number of piperidine rings is 1. The Bertz CT molecular complexity index is 844. The standard InChI is InChI=1S/C20H22N4O3/c25-19(9-14-3-5-17-18(8-14)27-13-26-17)24-11-15-2-4-16(24)12-23(10-15)20-21-6-1-7-22-20/h1,3,5-8,15-16H,2,4,9-13H2/t15-,16+/m0/s1. The molecule has 4 aliphatic rings. The van der Waals surface area contributed by atoms with E-state index in [9.17, 15) is 4.79 Å². The van der Waals surface area contributed by atoms with Crippen molar-refractivity contribution in [3.05, 3.63) is 42.2 Å². The van der Waals surface area contributed by atoms with Gasteiger partial charge in [-0.05, 0) is 42.5 Å². The van der Waals surface area contributed by atoms with Crippen molar-refractivity contribution in [2.75, 3.05) is 31.3 Å². The molecule has 140 valence electrons. The third-order valence-corrected chi connectivity index (χ3v) is 5.66. The molecule has 5 heterocycles. The van der Waals surface area contributed by atoms with Gasteiger partial charge in [-0.25, -0.2) is 9.97 Å². The Hall–Kier alpha value is -2.83. The number of rotatable bonds is 3. The number of hydrogen-bond acceptors (Lipinski definition) is 6. The maximum absolute atomic E-state index is 13.1. The molecule has 4 aliphatic heterocycles. The van der Waals surface area contributed by atoms with Crippen LogP contribution in [0.2, 0.25) is 0 Å². The van der Waals surface area contributed by atoms with Gasteiger partial charge < -0.3 is 19.3 Å². The fourth-order valence-corrected chi connectivity index (χ4v) is 4.33. The van der Waals surface area contributed by atoms with Crippen molar-refractivity contribution in [1.29, 1.82) is 0 Å². The molecule has 0 N–H and O–H groups in total. The molecule has 3 fully saturated rings. The van der Waals surface area contributed by atoms with Crippen LogP contribution in [0.15, 0.2) is 36.7 Å². The quantitative estimate of drug-likeness (QED) is 0.826. The molecule has 0 spiro atoms. The molecule has 2 aromatic rings. The summed E-state index contributed by atoms with van der Waals surface area (Å²) >= 11 is 0. The average molecular weight is 366 g/mol. The molecule has 2 atom stereocenters. The highest BCUT2D eigenvalue weighted by Gasteiger charge is 2.37. The number of fused-ring (bicyclic) bond motifs is 5. The topological polar surface area (TPSA) is 67.8 Å². The number of amides is 1. The first-order valence-corrected chi connectivity index (χ1v) is 9.46. The van der Waals surface area contributed by atoms with E-state index < -0.39 is 0 Å². The molecule has 0 aliphatic carbocycles. The van der Waals surface area contributed by atoms with E-state index in [1.807, 2.05) is 24.3 Å². The van der Waals surface area contributed by atoms with E-state index in [-0.39, 0.29) is 18.7 Å². The Morgan fingerprint density at radius 1 is 1.07 bits per heavy atom. The SMILES string of the molecule is O=C(Cc1ccc2c(c1)OCO2)N1C[C@H]2CC[C@@H]1CN(c1ncccn1)C2. The lowest BCUT2D eigenvalue weighted by Crippen LogP contribution is -2.48. The molecule has 6 rings (SSSR count). The molecule has 0 unspecified atom stereocenters. The van der Waals surface area contributed by atoms with Gasteiger partial charge in [0.2, 0.25) is 18.6 Å². The van der Waals surface area contributed by atoms with Crippen LogP contribution in [0.1, 0.15) is 18.4 Å². The number of benzene rings is 1. The fraction of sp³-hybridized carbons (Fsp3) is 0.450. The first-order valence-electron chi connectivity index (χ1n) is 9.46. The van der Waals surface area contributed by atoms with Crippen LogP contribution < -0.4 is 14.4 Å². The van der Waals surface area contributed by atoms with Gasteiger partial charge in [-0.15, -0.1) is 0 Å².